The first-order valence-corrected chi connectivity index (χ1v) is 6.54. The smallest absolute Gasteiger partial charge is 0.408 e. The van der Waals surface area contributed by atoms with Crippen LogP contribution in [0, 0.1) is 0 Å². The van der Waals surface area contributed by atoms with Gasteiger partial charge in [-0.1, -0.05) is 6.07 Å². The maximum Gasteiger partial charge on any atom is 0.417 e. The molecular formula is C13H10N2O3S. The summed E-state index contributed by atoms with van der Waals surface area (Å²) >= 11 is 1.54. The molecule has 19 heavy (non-hydrogen) atoms. The molecule has 0 unspecified atom stereocenters. The Morgan fingerprint density at radius 2 is 2.26 bits per heavy atom. The van der Waals surface area contributed by atoms with Gasteiger partial charge < -0.3 is 9.73 Å². The van der Waals surface area contributed by atoms with E-state index in [2.05, 4.69) is 10.3 Å². The van der Waals surface area contributed by atoms with Crippen LogP contribution in [0.5, 0.6) is 0 Å². The molecule has 2 N–H and O–H groups in total. The molecule has 3 aromatic rings. The van der Waals surface area contributed by atoms with Crippen LogP contribution in [0.25, 0.3) is 11.1 Å². The molecule has 2 aromatic heterocycles. The molecule has 0 aliphatic rings. The molecule has 1 amide bonds. The summed E-state index contributed by atoms with van der Waals surface area (Å²) in [6.45, 7) is 0. The minimum absolute atomic E-state index is 0.0901. The van der Waals surface area contributed by atoms with Gasteiger partial charge in [0, 0.05) is 10.6 Å². The van der Waals surface area contributed by atoms with Crippen molar-refractivity contribution in [3.63, 3.8) is 0 Å². The highest BCUT2D eigenvalue weighted by Crippen LogP contribution is 2.17. The minimum atomic E-state index is -0.503. The van der Waals surface area contributed by atoms with Crippen LogP contribution in [0.1, 0.15) is 4.88 Å². The Labute approximate surface area is 111 Å². The number of thiophene rings is 1. The zero-order valence-corrected chi connectivity index (χ0v) is 10.6. The first-order chi connectivity index (χ1) is 9.20. The second-order valence-electron chi connectivity index (χ2n) is 4.03. The number of nitrogens with one attached hydrogen (secondary N) is 2. The summed E-state index contributed by atoms with van der Waals surface area (Å²) in [5.41, 5.74) is 1.67. The molecule has 0 radical (unpaired) electrons. The highest BCUT2D eigenvalue weighted by Gasteiger charge is 2.07. The van der Waals surface area contributed by atoms with E-state index in [-0.39, 0.29) is 5.91 Å². The average Bonchev–Trinajstić information content (AvgIpc) is 2.96. The Bertz CT molecular complexity index is 771. The standard InChI is InChI=1S/C13H10N2O3S/c16-12(7-9-2-1-5-19-9)14-8-3-4-11-10(6-8)15-13(17)18-11/h1-6H,7H2,(H,14,16)(H,15,17). The lowest BCUT2D eigenvalue weighted by Crippen LogP contribution is -2.13. The highest BCUT2D eigenvalue weighted by molar-refractivity contribution is 7.10. The summed E-state index contributed by atoms with van der Waals surface area (Å²) in [6, 6.07) is 8.85. The number of H-pyrrole nitrogens is 1. The number of aromatic nitrogens is 1. The van der Waals surface area contributed by atoms with Crippen LogP contribution in [-0.4, -0.2) is 10.9 Å². The number of benzene rings is 1. The number of hydrogen-bond donors (Lipinski definition) is 2. The minimum Gasteiger partial charge on any atom is -0.408 e. The fourth-order valence-corrected chi connectivity index (χ4v) is 2.51. The van der Waals surface area contributed by atoms with Crippen molar-refractivity contribution in [2.75, 3.05) is 5.32 Å². The second kappa shape index (κ2) is 4.74. The van der Waals surface area contributed by atoms with Gasteiger partial charge in [0.2, 0.25) is 5.91 Å². The summed E-state index contributed by atoms with van der Waals surface area (Å²) < 4.78 is 4.89. The van der Waals surface area contributed by atoms with Crippen LogP contribution < -0.4 is 11.1 Å². The highest BCUT2D eigenvalue weighted by atomic mass is 32.1. The zero-order valence-electron chi connectivity index (χ0n) is 9.80. The Kier molecular flexibility index (Phi) is 2.92. The first-order valence-electron chi connectivity index (χ1n) is 5.66. The Balaban J connectivity index is 1.77. The molecule has 0 atom stereocenters. The molecule has 0 fully saturated rings. The van der Waals surface area contributed by atoms with Crippen molar-refractivity contribution in [3.8, 4) is 0 Å². The molecule has 0 saturated heterocycles. The molecule has 2 heterocycles. The lowest BCUT2D eigenvalue weighted by atomic mass is 10.2. The van der Waals surface area contributed by atoms with E-state index in [1.165, 1.54) is 0 Å². The van der Waals surface area contributed by atoms with E-state index in [1.807, 2.05) is 17.5 Å². The number of rotatable bonds is 3. The van der Waals surface area contributed by atoms with Crippen LogP contribution >= 0.6 is 11.3 Å². The molecule has 1 aromatic carbocycles. The van der Waals surface area contributed by atoms with Crippen molar-refractivity contribution in [1.82, 2.24) is 4.98 Å². The first kappa shape index (κ1) is 11.7. The lowest BCUT2D eigenvalue weighted by Gasteiger charge is -2.03. The molecule has 96 valence electrons. The summed E-state index contributed by atoms with van der Waals surface area (Å²) in [5.74, 6) is -0.593. The molecule has 0 saturated carbocycles. The van der Waals surface area contributed by atoms with Gasteiger partial charge >= 0.3 is 5.76 Å². The van der Waals surface area contributed by atoms with Gasteiger partial charge in [-0.05, 0) is 29.6 Å². The Morgan fingerprint density at radius 1 is 1.37 bits per heavy atom. The van der Waals surface area contributed by atoms with Crippen molar-refractivity contribution >= 4 is 34.0 Å². The van der Waals surface area contributed by atoms with E-state index < -0.39 is 5.76 Å². The third-order valence-electron chi connectivity index (χ3n) is 2.62. The number of fused-ring (bicyclic) bond motifs is 1. The van der Waals surface area contributed by atoms with Gasteiger partial charge in [0.1, 0.15) is 0 Å². The van der Waals surface area contributed by atoms with Gasteiger partial charge in [0.25, 0.3) is 0 Å². The molecule has 0 aliphatic carbocycles. The molecule has 5 nitrogen and oxygen atoms in total. The van der Waals surface area contributed by atoms with Gasteiger partial charge in [-0.2, -0.15) is 0 Å². The van der Waals surface area contributed by atoms with E-state index in [1.54, 1.807) is 29.5 Å². The number of carbonyl (C=O) groups is 1. The lowest BCUT2D eigenvalue weighted by molar-refractivity contribution is -0.115. The average molecular weight is 274 g/mol. The maximum absolute atomic E-state index is 11.8. The molecule has 0 bridgehead atoms. The van der Waals surface area contributed by atoms with E-state index in [9.17, 15) is 9.59 Å². The number of carbonyl (C=O) groups excluding carboxylic acids is 1. The van der Waals surface area contributed by atoms with Crippen LogP contribution in [-0.2, 0) is 11.2 Å². The number of anilines is 1. The van der Waals surface area contributed by atoms with Gasteiger partial charge in [-0.3, -0.25) is 9.78 Å². The summed E-state index contributed by atoms with van der Waals surface area (Å²) in [5, 5.41) is 4.72. The van der Waals surface area contributed by atoms with Crippen LogP contribution in [0.2, 0.25) is 0 Å². The number of oxazole rings is 1. The monoisotopic (exact) mass is 274 g/mol. The van der Waals surface area contributed by atoms with E-state index in [0.717, 1.165) is 4.88 Å². The number of aromatic amines is 1. The molecule has 0 aliphatic heterocycles. The molecule has 6 heteroatoms. The van der Waals surface area contributed by atoms with Crippen molar-refractivity contribution in [2.24, 2.45) is 0 Å². The van der Waals surface area contributed by atoms with Crippen LogP contribution in [0.3, 0.4) is 0 Å². The maximum atomic E-state index is 11.8. The second-order valence-corrected chi connectivity index (χ2v) is 5.06. The summed E-state index contributed by atoms with van der Waals surface area (Å²) in [6.07, 6.45) is 0.345. The van der Waals surface area contributed by atoms with Crippen molar-refractivity contribution in [2.45, 2.75) is 6.42 Å². The third-order valence-corrected chi connectivity index (χ3v) is 3.49. The van der Waals surface area contributed by atoms with Gasteiger partial charge in [-0.15, -0.1) is 11.3 Å². The topological polar surface area (TPSA) is 75.1 Å². The molecular weight excluding hydrogens is 264 g/mol. The van der Waals surface area contributed by atoms with E-state index in [0.29, 0.717) is 23.2 Å². The summed E-state index contributed by atoms with van der Waals surface area (Å²) in [4.78, 5) is 26.4. The van der Waals surface area contributed by atoms with E-state index >= 15 is 0 Å². The Morgan fingerprint density at radius 3 is 3.05 bits per heavy atom. The van der Waals surface area contributed by atoms with E-state index in [4.69, 9.17) is 4.42 Å². The number of hydrogen-bond acceptors (Lipinski definition) is 4. The Hall–Kier alpha value is -2.34. The van der Waals surface area contributed by atoms with Crippen molar-refractivity contribution < 1.29 is 9.21 Å². The number of amides is 1. The molecule has 3 rings (SSSR count). The zero-order chi connectivity index (χ0) is 13.2. The predicted molar refractivity (Wildman–Crippen MR) is 73.5 cm³/mol. The largest absolute Gasteiger partial charge is 0.417 e. The predicted octanol–water partition coefficient (Wildman–Crippen LogP) is 2.36. The fraction of sp³-hybridized carbons (Fsp3) is 0.0769. The SMILES string of the molecule is O=C(Cc1cccs1)Nc1ccc2oc(=O)[nH]c2c1. The van der Waals surface area contributed by atoms with Gasteiger partial charge in [0.15, 0.2) is 5.58 Å². The quantitative estimate of drug-likeness (QED) is 0.770. The van der Waals surface area contributed by atoms with Crippen LogP contribution in [0.4, 0.5) is 5.69 Å². The van der Waals surface area contributed by atoms with Crippen LogP contribution in [0.15, 0.2) is 44.9 Å². The van der Waals surface area contributed by atoms with Gasteiger partial charge in [-0.25, -0.2) is 4.79 Å². The summed E-state index contributed by atoms with van der Waals surface area (Å²) in [7, 11) is 0. The molecule has 0 spiro atoms. The third kappa shape index (κ3) is 2.58. The van der Waals surface area contributed by atoms with Crippen molar-refractivity contribution in [3.05, 3.63) is 51.1 Å². The van der Waals surface area contributed by atoms with Crippen molar-refractivity contribution in [1.29, 1.82) is 0 Å². The fourth-order valence-electron chi connectivity index (χ4n) is 1.81. The normalized spacial score (nSPS) is 10.7. The van der Waals surface area contributed by atoms with Gasteiger partial charge in [0.05, 0.1) is 11.9 Å².